The zero-order chi connectivity index (χ0) is 21.9. The molecule has 0 saturated carbocycles. The Morgan fingerprint density at radius 1 is 0.969 bits per heavy atom. The number of halogens is 1. The summed E-state index contributed by atoms with van der Waals surface area (Å²) in [6, 6.07) is 20.2. The lowest BCUT2D eigenvalue weighted by molar-refractivity contribution is 0.175. The number of likely N-dealkylation sites (tertiary alicyclic amines) is 1. The van der Waals surface area contributed by atoms with Crippen LogP contribution < -0.4 is 0 Å². The second-order valence-electron chi connectivity index (χ2n) is 8.21. The van der Waals surface area contributed by atoms with Crippen molar-refractivity contribution in [1.29, 1.82) is 0 Å². The second-order valence-corrected chi connectivity index (χ2v) is 8.65. The zero-order valence-corrected chi connectivity index (χ0v) is 18.5. The Labute approximate surface area is 193 Å². The molecule has 0 spiro atoms. The zero-order valence-electron chi connectivity index (χ0n) is 17.7. The molecule has 5 heteroatoms. The standard InChI is InChI=1S/C27H24ClN3O/c28-24-6-3-21(4-7-24)23-5-9-25(29-18-23)8-1-20-2-10-27-22(17-20)11-14-31(27)16-15-30-13-12-26(32)19-30/h2-7,9-11,14,17-18,26,32H,12-13,15-16,19H2. The molecule has 1 unspecified atom stereocenters. The van der Waals surface area contributed by atoms with Crippen LogP contribution in [0.5, 0.6) is 0 Å². The molecule has 1 aliphatic rings. The van der Waals surface area contributed by atoms with Gasteiger partial charge < -0.3 is 9.67 Å². The first-order valence-corrected chi connectivity index (χ1v) is 11.3. The molecule has 1 atom stereocenters. The summed E-state index contributed by atoms with van der Waals surface area (Å²) in [6.45, 7) is 3.65. The average Bonchev–Trinajstić information content (AvgIpc) is 3.42. The van der Waals surface area contributed by atoms with Crippen molar-refractivity contribution >= 4 is 22.5 Å². The van der Waals surface area contributed by atoms with Crippen molar-refractivity contribution in [3.8, 4) is 23.0 Å². The lowest BCUT2D eigenvalue weighted by Gasteiger charge is -2.15. The van der Waals surface area contributed by atoms with Crippen molar-refractivity contribution in [3.05, 3.63) is 89.3 Å². The van der Waals surface area contributed by atoms with Gasteiger partial charge in [-0.3, -0.25) is 4.90 Å². The maximum atomic E-state index is 9.70. The number of hydrogen-bond donors (Lipinski definition) is 1. The van der Waals surface area contributed by atoms with Gasteiger partial charge in [-0.15, -0.1) is 0 Å². The molecule has 0 amide bonds. The summed E-state index contributed by atoms with van der Waals surface area (Å²) in [5, 5.41) is 11.6. The number of pyridine rings is 1. The minimum atomic E-state index is -0.166. The molecule has 32 heavy (non-hydrogen) atoms. The Morgan fingerprint density at radius 2 is 1.81 bits per heavy atom. The van der Waals surface area contributed by atoms with Crippen LogP contribution in [0.15, 0.2) is 73.1 Å². The molecule has 0 radical (unpaired) electrons. The molecule has 0 bridgehead atoms. The fraction of sp³-hybridized carbons (Fsp3) is 0.222. The first-order valence-electron chi connectivity index (χ1n) is 10.9. The van der Waals surface area contributed by atoms with Crippen molar-refractivity contribution < 1.29 is 5.11 Å². The summed E-state index contributed by atoms with van der Waals surface area (Å²) in [4.78, 5) is 6.81. The third-order valence-corrected chi connectivity index (χ3v) is 6.20. The van der Waals surface area contributed by atoms with Crippen LogP contribution in [0.25, 0.3) is 22.0 Å². The summed E-state index contributed by atoms with van der Waals surface area (Å²) >= 11 is 5.96. The molecule has 160 valence electrons. The van der Waals surface area contributed by atoms with Gasteiger partial charge in [0.15, 0.2) is 0 Å². The van der Waals surface area contributed by atoms with Crippen LogP contribution in [-0.2, 0) is 6.54 Å². The SMILES string of the molecule is OC1CCN(CCn2ccc3cc(C#Cc4ccc(-c5ccc(Cl)cc5)cn4)ccc32)C1. The van der Waals surface area contributed by atoms with Crippen molar-refractivity contribution in [2.24, 2.45) is 0 Å². The highest BCUT2D eigenvalue weighted by atomic mass is 35.5. The molecule has 4 nitrogen and oxygen atoms in total. The fourth-order valence-corrected chi connectivity index (χ4v) is 4.28. The van der Waals surface area contributed by atoms with E-state index < -0.39 is 0 Å². The van der Waals surface area contributed by atoms with Gasteiger partial charge >= 0.3 is 0 Å². The quantitative estimate of drug-likeness (QED) is 0.461. The Bertz CT molecular complexity index is 1280. The van der Waals surface area contributed by atoms with E-state index in [1.807, 2.05) is 42.6 Å². The van der Waals surface area contributed by atoms with E-state index in [-0.39, 0.29) is 6.10 Å². The van der Waals surface area contributed by atoms with E-state index in [0.717, 1.165) is 60.0 Å². The summed E-state index contributed by atoms with van der Waals surface area (Å²) in [5.74, 6) is 6.40. The van der Waals surface area contributed by atoms with Gasteiger partial charge in [0.2, 0.25) is 0 Å². The van der Waals surface area contributed by atoms with Gasteiger partial charge in [-0.05, 0) is 60.4 Å². The van der Waals surface area contributed by atoms with E-state index in [1.54, 1.807) is 0 Å². The van der Waals surface area contributed by atoms with Gasteiger partial charge in [0.05, 0.1) is 6.10 Å². The summed E-state index contributed by atoms with van der Waals surface area (Å²) in [5.41, 5.74) is 5.05. The molecule has 3 heterocycles. The van der Waals surface area contributed by atoms with Crippen LogP contribution in [0.2, 0.25) is 5.02 Å². The number of benzene rings is 2. The maximum absolute atomic E-state index is 9.70. The highest BCUT2D eigenvalue weighted by Crippen LogP contribution is 2.21. The van der Waals surface area contributed by atoms with E-state index in [9.17, 15) is 5.11 Å². The summed E-state index contributed by atoms with van der Waals surface area (Å²) in [6.07, 6.45) is 4.69. The van der Waals surface area contributed by atoms with Crippen molar-refractivity contribution in [2.75, 3.05) is 19.6 Å². The molecule has 5 rings (SSSR count). The predicted molar refractivity (Wildman–Crippen MR) is 130 cm³/mol. The highest BCUT2D eigenvalue weighted by molar-refractivity contribution is 6.30. The van der Waals surface area contributed by atoms with E-state index >= 15 is 0 Å². The van der Waals surface area contributed by atoms with Gasteiger partial charge in [-0.2, -0.15) is 0 Å². The van der Waals surface area contributed by atoms with Gasteiger partial charge in [0.1, 0.15) is 5.69 Å². The van der Waals surface area contributed by atoms with E-state index in [4.69, 9.17) is 11.6 Å². The van der Waals surface area contributed by atoms with Crippen LogP contribution in [-0.4, -0.2) is 45.3 Å². The highest BCUT2D eigenvalue weighted by Gasteiger charge is 2.19. The molecule has 2 aromatic carbocycles. The number of aliphatic hydroxyl groups is 1. The number of hydrogen-bond acceptors (Lipinski definition) is 3. The Hall–Kier alpha value is -3.10. The number of aliphatic hydroxyl groups excluding tert-OH is 1. The molecule has 1 aliphatic heterocycles. The molecule has 4 aromatic rings. The van der Waals surface area contributed by atoms with Crippen LogP contribution in [0.3, 0.4) is 0 Å². The van der Waals surface area contributed by atoms with E-state index in [2.05, 4.69) is 56.8 Å². The van der Waals surface area contributed by atoms with Gasteiger partial charge in [-0.1, -0.05) is 35.7 Å². The molecule has 1 N–H and O–H groups in total. The van der Waals surface area contributed by atoms with Gasteiger partial charge in [0.25, 0.3) is 0 Å². The summed E-state index contributed by atoms with van der Waals surface area (Å²) in [7, 11) is 0. The van der Waals surface area contributed by atoms with Crippen LogP contribution in [0.1, 0.15) is 17.7 Å². The monoisotopic (exact) mass is 441 g/mol. The van der Waals surface area contributed by atoms with Crippen molar-refractivity contribution in [3.63, 3.8) is 0 Å². The van der Waals surface area contributed by atoms with Crippen LogP contribution in [0.4, 0.5) is 0 Å². The molecule has 1 saturated heterocycles. The largest absolute Gasteiger partial charge is 0.392 e. The number of β-amino-alcohol motifs (C(OH)–C–C–N with tert-alkyl or cyclic N) is 1. The average molecular weight is 442 g/mol. The predicted octanol–water partition coefficient (Wildman–Crippen LogP) is 4.82. The molecular formula is C27H24ClN3O. The third kappa shape index (κ3) is 4.71. The van der Waals surface area contributed by atoms with Crippen molar-refractivity contribution in [1.82, 2.24) is 14.5 Å². The first-order chi connectivity index (χ1) is 15.6. The Morgan fingerprint density at radius 3 is 2.56 bits per heavy atom. The lowest BCUT2D eigenvalue weighted by atomic mass is 10.1. The van der Waals surface area contributed by atoms with Gasteiger partial charge in [-0.25, -0.2) is 4.98 Å². The fourth-order valence-electron chi connectivity index (χ4n) is 4.15. The smallest absolute Gasteiger partial charge is 0.113 e. The number of rotatable bonds is 4. The first kappa shape index (κ1) is 20.8. The van der Waals surface area contributed by atoms with E-state index in [1.165, 1.54) is 10.9 Å². The molecular weight excluding hydrogens is 418 g/mol. The summed E-state index contributed by atoms with van der Waals surface area (Å²) < 4.78 is 2.27. The van der Waals surface area contributed by atoms with Crippen molar-refractivity contribution in [2.45, 2.75) is 19.1 Å². The van der Waals surface area contributed by atoms with E-state index in [0.29, 0.717) is 0 Å². The lowest BCUT2D eigenvalue weighted by Crippen LogP contribution is -2.26. The number of aromatic nitrogens is 2. The molecule has 0 aliphatic carbocycles. The minimum Gasteiger partial charge on any atom is -0.392 e. The normalized spacial score (nSPS) is 16.2. The second kappa shape index (κ2) is 9.18. The minimum absolute atomic E-state index is 0.166. The number of fused-ring (bicyclic) bond motifs is 1. The van der Waals surface area contributed by atoms with Crippen LogP contribution in [0, 0.1) is 11.8 Å². The Kier molecular flexibility index (Phi) is 5.96. The third-order valence-electron chi connectivity index (χ3n) is 5.95. The topological polar surface area (TPSA) is 41.3 Å². The van der Waals surface area contributed by atoms with Crippen LogP contribution >= 0.6 is 11.6 Å². The van der Waals surface area contributed by atoms with Gasteiger partial charge in [0, 0.05) is 65.6 Å². The molecule has 1 fully saturated rings. The maximum Gasteiger partial charge on any atom is 0.113 e. The Balaban J connectivity index is 1.27. The number of nitrogens with zero attached hydrogens (tertiary/aromatic N) is 3. The molecule has 2 aromatic heterocycles.